The van der Waals surface area contributed by atoms with Gasteiger partial charge in [-0.1, -0.05) is 51.7 Å². The van der Waals surface area contributed by atoms with E-state index >= 15 is 0 Å². The Kier molecular flexibility index (Phi) is 18.3. The molecule has 2 heteroatoms. The van der Waals surface area contributed by atoms with Crippen LogP contribution in [0.2, 0.25) is 0 Å². The van der Waals surface area contributed by atoms with Crippen LogP contribution < -0.4 is 0 Å². The number of unbranched alkanes of at least 4 members (excludes halogenated alkanes) is 2. The van der Waals surface area contributed by atoms with E-state index in [1.165, 1.54) is 94.5 Å². The topological polar surface area (TPSA) is 0 Å². The van der Waals surface area contributed by atoms with Crippen LogP contribution in [-0.2, 0) is 36.2 Å². The molecule has 6 aromatic rings. The summed E-state index contributed by atoms with van der Waals surface area (Å²) in [6.07, 6.45) is 7.62. The monoisotopic (exact) mass is 614 g/mol. The molecule has 0 aliphatic rings. The van der Waals surface area contributed by atoms with E-state index in [0.717, 1.165) is 0 Å². The smallest absolute Gasteiger partial charge is 0.171 e. The zero-order valence-corrected chi connectivity index (χ0v) is 27.4. The van der Waals surface area contributed by atoms with E-state index in [0.29, 0.717) is 0 Å². The van der Waals surface area contributed by atoms with Crippen LogP contribution in [0.25, 0.3) is 21.5 Å². The minimum atomic E-state index is 1.23. The molecular formula is C38H40SiZr-4. The fraction of sp³-hybridized carbons (Fsp3) is 0.211. The Bertz CT molecular complexity index is 1170. The fourth-order valence-corrected chi connectivity index (χ4v) is 4.16. The molecule has 0 aromatic heterocycles. The quantitative estimate of drug-likeness (QED) is 0.129. The number of hydrogen-bond acceptors (Lipinski definition) is 0. The molecule has 0 saturated carbocycles. The molecule has 0 nitrogen and oxygen atoms in total. The normalized spacial score (nSPS) is 9.53. The third-order valence-electron chi connectivity index (χ3n) is 6.21. The number of fused-ring (bicyclic) bond motifs is 2. The first-order chi connectivity index (χ1) is 19.8. The Morgan fingerprint density at radius 2 is 0.925 bits per heavy atom. The van der Waals surface area contributed by atoms with Gasteiger partial charge in [-0.15, -0.1) is 81.2 Å². The summed E-state index contributed by atoms with van der Waals surface area (Å²) in [7, 11) is 0. The van der Waals surface area contributed by atoms with E-state index in [2.05, 4.69) is 106 Å². The van der Waals surface area contributed by atoms with E-state index in [1.54, 1.807) is 0 Å². The van der Waals surface area contributed by atoms with Gasteiger partial charge in [-0.05, 0) is 12.8 Å². The molecule has 2 radical (unpaired) electrons. The molecular weight excluding hydrogens is 576 g/mol. The standard InChI is InChI=1S/2C13H15.2C6H5.Si.Zr/c2*1-2-3-6-11-9-12-7-4-5-8-13(12)10-11;2*1-2-4-6-5-3-1;;/h2*4-5,7-10H,2-3,6H2,1H3;2*1-5H;;/q4*-1;;. The molecule has 0 bridgehead atoms. The summed E-state index contributed by atoms with van der Waals surface area (Å²) in [6, 6.07) is 51.4. The summed E-state index contributed by atoms with van der Waals surface area (Å²) in [4.78, 5) is 0. The minimum absolute atomic E-state index is 1.23. The second-order valence-electron chi connectivity index (χ2n) is 9.35. The Morgan fingerprint density at radius 3 is 1.20 bits per heavy atom. The summed E-state index contributed by atoms with van der Waals surface area (Å²) in [5, 5.41) is 5.53. The van der Waals surface area contributed by atoms with Crippen LogP contribution >= 0.6 is 0 Å². The second kappa shape index (κ2) is 22.0. The number of benzene rings is 4. The van der Waals surface area contributed by atoms with Crippen LogP contribution in [-0.4, -0.2) is 6.88 Å². The molecule has 0 fully saturated rings. The maximum atomic E-state index is 3.06. The van der Waals surface area contributed by atoms with Crippen molar-refractivity contribution in [2.24, 2.45) is 0 Å². The van der Waals surface area contributed by atoms with Crippen LogP contribution in [0, 0.1) is 12.1 Å². The van der Waals surface area contributed by atoms with Gasteiger partial charge < -0.3 is 0 Å². The van der Waals surface area contributed by atoms with Crippen molar-refractivity contribution in [3.63, 3.8) is 0 Å². The SMILES string of the molecule is CCCCc1cc2ccccc2[cH-]1.CCCCc1cc2ccccc2[cH-]1.[Si]=[Zr].[c-]1ccccc1.[c-]1ccccc1. The molecule has 0 unspecified atom stereocenters. The Balaban J connectivity index is 0.000000194. The number of aryl methyl sites for hydroxylation is 2. The fourth-order valence-electron chi connectivity index (χ4n) is 4.16. The van der Waals surface area contributed by atoms with Gasteiger partial charge in [-0.3, -0.25) is 0 Å². The zero-order chi connectivity index (χ0) is 28.7. The van der Waals surface area contributed by atoms with Crippen molar-refractivity contribution in [1.82, 2.24) is 0 Å². The molecule has 0 spiro atoms. The molecule has 40 heavy (non-hydrogen) atoms. The summed E-state index contributed by atoms with van der Waals surface area (Å²) < 4.78 is 0. The van der Waals surface area contributed by atoms with Crippen LogP contribution in [0.15, 0.2) is 133 Å². The van der Waals surface area contributed by atoms with Crippen molar-refractivity contribution in [2.45, 2.75) is 52.4 Å². The third-order valence-corrected chi connectivity index (χ3v) is 6.21. The van der Waals surface area contributed by atoms with Crippen LogP contribution in [0.4, 0.5) is 0 Å². The van der Waals surface area contributed by atoms with Crippen molar-refractivity contribution < 1.29 is 23.3 Å². The van der Waals surface area contributed by atoms with E-state index in [9.17, 15) is 0 Å². The van der Waals surface area contributed by atoms with E-state index < -0.39 is 0 Å². The van der Waals surface area contributed by atoms with Crippen molar-refractivity contribution in [2.75, 3.05) is 0 Å². The van der Waals surface area contributed by atoms with Crippen LogP contribution in [0.3, 0.4) is 0 Å². The third kappa shape index (κ3) is 13.5. The van der Waals surface area contributed by atoms with Crippen molar-refractivity contribution in [3.8, 4) is 0 Å². The first-order valence-electron chi connectivity index (χ1n) is 14.2. The maximum Gasteiger partial charge on any atom is -0.171 e. The van der Waals surface area contributed by atoms with Gasteiger partial charge in [0, 0.05) is 0 Å². The van der Waals surface area contributed by atoms with Crippen molar-refractivity contribution in [1.29, 1.82) is 0 Å². The first kappa shape index (κ1) is 33.4. The predicted octanol–water partition coefficient (Wildman–Crippen LogP) is 10.4. The molecule has 204 valence electrons. The van der Waals surface area contributed by atoms with Crippen LogP contribution in [0.5, 0.6) is 0 Å². The summed E-state index contributed by atoms with van der Waals surface area (Å²) in [6.45, 7) is 7.54. The maximum absolute atomic E-state index is 3.06. The molecule has 6 rings (SSSR count). The van der Waals surface area contributed by atoms with Crippen molar-refractivity contribution in [3.05, 3.63) is 157 Å². The van der Waals surface area contributed by atoms with Crippen molar-refractivity contribution >= 4 is 28.4 Å². The Morgan fingerprint density at radius 1 is 0.550 bits per heavy atom. The van der Waals surface area contributed by atoms with Crippen LogP contribution in [0.1, 0.15) is 50.7 Å². The molecule has 0 atom stereocenters. The molecule has 0 heterocycles. The second-order valence-corrected chi connectivity index (χ2v) is 9.35. The van der Waals surface area contributed by atoms with E-state index in [1.807, 2.05) is 60.7 Å². The largest absolute Gasteiger partial charge is 0.184 e. The summed E-state index contributed by atoms with van der Waals surface area (Å²) >= 11 is 1.36. The molecule has 0 N–H and O–H groups in total. The van der Waals surface area contributed by atoms with Gasteiger partial charge >= 0.3 is 30.2 Å². The number of rotatable bonds is 6. The van der Waals surface area contributed by atoms with Gasteiger partial charge in [0.05, 0.1) is 0 Å². The predicted molar refractivity (Wildman–Crippen MR) is 173 cm³/mol. The van der Waals surface area contributed by atoms with Gasteiger partial charge in [0.1, 0.15) is 0 Å². The molecule has 6 aromatic carbocycles. The molecule has 0 amide bonds. The van der Waals surface area contributed by atoms with E-state index in [4.69, 9.17) is 0 Å². The summed E-state index contributed by atoms with van der Waals surface area (Å²) in [5.41, 5.74) is 2.98. The average Bonchev–Trinajstić information content (AvgIpc) is 3.66. The van der Waals surface area contributed by atoms with Gasteiger partial charge in [0.25, 0.3) is 0 Å². The number of hydrogen-bond donors (Lipinski definition) is 0. The zero-order valence-electron chi connectivity index (χ0n) is 23.9. The van der Waals surface area contributed by atoms with E-state index in [-0.39, 0.29) is 0 Å². The minimum Gasteiger partial charge on any atom is -0.184 e. The van der Waals surface area contributed by atoms with Gasteiger partial charge in [-0.25, -0.2) is 0 Å². The van der Waals surface area contributed by atoms with Gasteiger partial charge in [0.2, 0.25) is 0 Å². The average molecular weight is 616 g/mol. The molecule has 0 aliphatic heterocycles. The van der Waals surface area contributed by atoms with Gasteiger partial charge in [0.15, 0.2) is 0 Å². The van der Waals surface area contributed by atoms with Gasteiger partial charge in [-0.2, -0.15) is 84.9 Å². The first-order valence-corrected chi connectivity index (χ1v) is 18.3. The molecule has 0 aliphatic carbocycles. The summed E-state index contributed by atoms with van der Waals surface area (Å²) in [5.74, 6) is 0. The molecule has 0 saturated heterocycles. The Hall–Kier alpha value is -2.80. The Labute approximate surface area is 259 Å².